The van der Waals surface area contributed by atoms with E-state index < -0.39 is 45.3 Å². The summed E-state index contributed by atoms with van der Waals surface area (Å²) in [4.78, 5) is 45.2. The molecule has 1 saturated heterocycles. The van der Waals surface area contributed by atoms with Gasteiger partial charge < -0.3 is 19.7 Å². The van der Waals surface area contributed by atoms with Crippen LogP contribution in [0.25, 0.3) is 10.2 Å². The Bertz CT molecular complexity index is 1370. The molecule has 1 aromatic heterocycles. The molecule has 0 bridgehead atoms. The van der Waals surface area contributed by atoms with E-state index in [2.05, 4.69) is 16.9 Å². The SMILES string of the molecule is C=C(C)C(C(=O)OCC(Cl)(Cl)Cl)N1C(=O)C(NC(C)=O)(Oc2ccccc2)C1SSc1nc2ccccc2s1. The smallest absolute Gasteiger partial charge is 0.333 e. The molecule has 2 heterocycles. The Kier molecular flexibility index (Phi) is 9.30. The van der Waals surface area contributed by atoms with Crippen LogP contribution in [0.2, 0.25) is 0 Å². The normalized spacial score (nSPS) is 19.8. The Hall–Kier alpha value is -2.15. The molecule has 2 aromatic carbocycles. The first-order chi connectivity index (χ1) is 18.4. The number of esters is 1. The number of carbonyl (C=O) groups excluding carboxylic acids is 3. The van der Waals surface area contributed by atoms with Gasteiger partial charge in [-0.05, 0) is 47.6 Å². The first-order valence-corrected chi connectivity index (χ1v) is 15.5. The number of hydrogen-bond acceptors (Lipinski definition) is 9. The number of aromatic nitrogens is 1. The number of halogens is 3. The number of hydrogen-bond donors (Lipinski definition) is 1. The van der Waals surface area contributed by atoms with Crippen LogP contribution < -0.4 is 10.1 Å². The average molecular weight is 647 g/mol. The molecule has 3 atom stereocenters. The first kappa shape index (κ1) is 29.8. The van der Waals surface area contributed by atoms with E-state index in [4.69, 9.17) is 44.3 Å². The zero-order valence-electron chi connectivity index (χ0n) is 20.6. The van der Waals surface area contributed by atoms with Crippen LogP contribution in [0.4, 0.5) is 0 Å². The van der Waals surface area contributed by atoms with E-state index in [0.717, 1.165) is 10.2 Å². The van der Waals surface area contributed by atoms with Crippen molar-refractivity contribution in [2.24, 2.45) is 0 Å². The number of β-lactam (4-membered cyclic amide) rings is 1. The van der Waals surface area contributed by atoms with Gasteiger partial charge in [0.1, 0.15) is 12.4 Å². The Morgan fingerprint density at radius 2 is 1.85 bits per heavy atom. The molecular weight excluding hydrogens is 625 g/mol. The summed E-state index contributed by atoms with van der Waals surface area (Å²) in [5.74, 6) is -1.66. The van der Waals surface area contributed by atoms with Gasteiger partial charge in [0.15, 0.2) is 15.8 Å². The number of para-hydroxylation sites is 2. The molecule has 4 rings (SSSR count). The third-order valence-corrected chi connectivity index (χ3v) is 9.72. The number of thiazole rings is 1. The highest BCUT2D eigenvalue weighted by atomic mass is 35.6. The maximum absolute atomic E-state index is 13.9. The summed E-state index contributed by atoms with van der Waals surface area (Å²) in [5.41, 5.74) is -0.689. The quantitative estimate of drug-likeness (QED) is 0.0718. The zero-order chi connectivity index (χ0) is 28.4. The highest BCUT2D eigenvalue weighted by Gasteiger charge is 2.68. The summed E-state index contributed by atoms with van der Waals surface area (Å²) in [5, 5.41) is 1.77. The third kappa shape index (κ3) is 6.78. The summed E-state index contributed by atoms with van der Waals surface area (Å²) < 4.78 is 11.2. The second kappa shape index (κ2) is 12.2. The van der Waals surface area contributed by atoms with Crippen molar-refractivity contribution in [2.45, 2.75) is 39.1 Å². The van der Waals surface area contributed by atoms with E-state index in [1.807, 2.05) is 24.3 Å². The fraction of sp³-hybridized carbons (Fsp3) is 0.280. The van der Waals surface area contributed by atoms with Gasteiger partial charge in [-0.3, -0.25) is 9.59 Å². The average Bonchev–Trinajstić information content (AvgIpc) is 3.29. The molecule has 8 nitrogen and oxygen atoms in total. The summed E-state index contributed by atoms with van der Waals surface area (Å²) in [7, 11) is 2.49. The van der Waals surface area contributed by atoms with Crippen LogP contribution in [-0.2, 0) is 19.1 Å². The number of benzene rings is 2. The predicted octanol–water partition coefficient (Wildman–Crippen LogP) is 5.97. The van der Waals surface area contributed by atoms with Gasteiger partial charge in [0.25, 0.3) is 11.6 Å². The molecule has 2 amide bonds. The summed E-state index contributed by atoms with van der Waals surface area (Å²) in [6.45, 7) is 6.21. The number of fused-ring (bicyclic) bond motifs is 1. The summed E-state index contributed by atoms with van der Waals surface area (Å²) >= 11 is 18.8. The van der Waals surface area contributed by atoms with E-state index in [0.29, 0.717) is 15.7 Å². The molecule has 1 fully saturated rings. The van der Waals surface area contributed by atoms with Crippen molar-refractivity contribution in [3.05, 3.63) is 66.7 Å². The van der Waals surface area contributed by atoms with Gasteiger partial charge in [0, 0.05) is 6.92 Å². The monoisotopic (exact) mass is 645 g/mol. The minimum atomic E-state index is -1.85. The van der Waals surface area contributed by atoms with Gasteiger partial charge >= 0.3 is 5.97 Å². The number of likely N-dealkylation sites (tertiary alicyclic amines) is 1. The van der Waals surface area contributed by atoms with Gasteiger partial charge in [-0.1, -0.05) is 82.5 Å². The van der Waals surface area contributed by atoms with Crippen LogP contribution in [0, 0.1) is 0 Å². The summed E-state index contributed by atoms with van der Waals surface area (Å²) in [6, 6.07) is 15.0. The third-order valence-electron chi connectivity index (χ3n) is 5.37. The number of rotatable bonds is 10. The second-order valence-electron chi connectivity index (χ2n) is 8.50. The molecule has 1 aliphatic rings. The molecule has 0 radical (unpaired) electrons. The zero-order valence-corrected chi connectivity index (χ0v) is 25.3. The lowest BCUT2D eigenvalue weighted by Crippen LogP contribution is -2.83. The van der Waals surface area contributed by atoms with Crippen LogP contribution in [0.1, 0.15) is 13.8 Å². The van der Waals surface area contributed by atoms with E-state index in [1.165, 1.54) is 44.7 Å². The van der Waals surface area contributed by atoms with Crippen LogP contribution >= 0.6 is 67.7 Å². The standard InChI is InChI=1S/C25H22Cl3N3O5S3/c1-14(2)19(20(33)35-13-24(26,27)28)31-21(34)25(30-15(3)32,36-16-9-5-4-6-10-16)22(31)38-39-23-29-17-11-7-8-12-18(17)37-23/h4-12,19,22H,1,13H2,2-3H3,(H,30,32). The Labute approximate surface area is 251 Å². The lowest BCUT2D eigenvalue weighted by atomic mass is 9.95. The van der Waals surface area contributed by atoms with Gasteiger partial charge in [-0.2, -0.15) is 0 Å². The van der Waals surface area contributed by atoms with Gasteiger partial charge in [-0.15, -0.1) is 11.3 Å². The Morgan fingerprint density at radius 3 is 2.46 bits per heavy atom. The first-order valence-electron chi connectivity index (χ1n) is 11.3. The molecule has 0 spiro atoms. The van der Waals surface area contributed by atoms with Crippen molar-refractivity contribution < 1.29 is 23.9 Å². The molecule has 3 aromatic rings. The number of ether oxygens (including phenoxy) is 2. The number of nitrogens with zero attached hydrogens (tertiary/aromatic N) is 2. The predicted molar refractivity (Wildman–Crippen MR) is 157 cm³/mol. The topological polar surface area (TPSA) is 97.8 Å². The van der Waals surface area contributed by atoms with Gasteiger partial charge in [0.2, 0.25) is 9.70 Å². The van der Waals surface area contributed by atoms with Crippen molar-refractivity contribution in [3.8, 4) is 5.75 Å². The van der Waals surface area contributed by atoms with Crippen LogP contribution in [0.5, 0.6) is 5.75 Å². The van der Waals surface area contributed by atoms with Crippen molar-refractivity contribution >= 4 is 95.7 Å². The van der Waals surface area contributed by atoms with E-state index in [1.54, 1.807) is 37.3 Å². The van der Waals surface area contributed by atoms with Crippen molar-refractivity contribution in [1.29, 1.82) is 0 Å². The lowest BCUT2D eigenvalue weighted by Gasteiger charge is -2.55. The second-order valence-corrected chi connectivity index (χ2v) is 14.6. The number of nitrogens with one attached hydrogen (secondary N) is 1. The Balaban J connectivity index is 1.70. The minimum Gasteiger partial charge on any atom is -0.459 e. The van der Waals surface area contributed by atoms with Gasteiger partial charge in [-0.25, -0.2) is 9.78 Å². The number of carbonyl (C=O) groups is 3. The molecule has 39 heavy (non-hydrogen) atoms. The molecular formula is C25H22Cl3N3O5S3. The molecule has 1 aliphatic heterocycles. The fourth-order valence-electron chi connectivity index (χ4n) is 3.83. The Morgan fingerprint density at radius 1 is 1.18 bits per heavy atom. The molecule has 3 unspecified atom stereocenters. The maximum atomic E-state index is 13.9. The largest absolute Gasteiger partial charge is 0.459 e. The van der Waals surface area contributed by atoms with Crippen molar-refractivity contribution in [3.63, 3.8) is 0 Å². The minimum absolute atomic E-state index is 0.310. The molecule has 206 valence electrons. The van der Waals surface area contributed by atoms with Gasteiger partial charge in [0.05, 0.1) is 10.2 Å². The van der Waals surface area contributed by atoms with E-state index >= 15 is 0 Å². The summed E-state index contributed by atoms with van der Waals surface area (Å²) in [6.07, 6.45) is 0. The molecule has 1 N–H and O–H groups in total. The lowest BCUT2D eigenvalue weighted by molar-refractivity contribution is -0.190. The molecule has 0 aliphatic carbocycles. The van der Waals surface area contributed by atoms with Crippen molar-refractivity contribution in [1.82, 2.24) is 15.2 Å². The number of alkyl halides is 3. The maximum Gasteiger partial charge on any atom is 0.333 e. The number of amides is 2. The highest BCUT2D eigenvalue weighted by Crippen LogP contribution is 2.50. The van der Waals surface area contributed by atoms with Crippen molar-refractivity contribution in [2.75, 3.05) is 6.61 Å². The molecule has 14 heteroatoms. The van der Waals surface area contributed by atoms with Crippen LogP contribution in [0.15, 0.2) is 71.1 Å². The fourth-order valence-corrected chi connectivity index (χ4v) is 8.03. The van der Waals surface area contributed by atoms with E-state index in [9.17, 15) is 14.4 Å². The highest BCUT2D eigenvalue weighted by molar-refractivity contribution is 8.77. The van der Waals surface area contributed by atoms with Crippen LogP contribution in [0.3, 0.4) is 0 Å². The molecule has 0 saturated carbocycles. The van der Waals surface area contributed by atoms with Crippen LogP contribution in [-0.4, -0.2) is 55.2 Å². The van der Waals surface area contributed by atoms with E-state index in [-0.39, 0.29) is 0 Å².